The van der Waals surface area contributed by atoms with Gasteiger partial charge in [0.25, 0.3) is 0 Å². The van der Waals surface area contributed by atoms with Gasteiger partial charge in [0, 0.05) is 17.7 Å². The molecule has 4 nitrogen and oxygen atoms in total. The van der Waals surface area contributed by atoms with Crippen LogP contribution in [0.2, 0.25) is 0 Å². The maximum atomic E-state index is 5.58. The van der Waals surface area contributed by atoms with E-state index in [9.17, 15) is 0 Å². The lowest BCUT2D eigenvalue weighted by Gasteiger charge is -2.07. The highest BCUT2D eigenvalue weighted by atomic mass is 16.5. The zero-order valence-electron chi connectivity index (χ0n) is 11.1. The van der Waals surface area contributed by atoms with Crippen molar-refractivity contribution < 1.29 is 13.9 Å². The van der Waals surface area contributed by atoms with E-state index in [1.165, 1.54) is 0 Å². The molecule has 2 aromatic rings. The van der Waals surface area contributed by atoms with Gasteiger partial charge in [0.05, 0.1) is 25.9 Å². The average Bonchev–Trinajstić information content (AvgIpc) is 2.81. The van der Waals surface area contributed by atoms with Gasteiger partial charge >= 0.3 is 0 Å². The van der Waals surface area contributed by atoms with Gasteiger partial charge in [0.2, 0.25) is 0 Å². The summed E-state index contributed by atoms with van der Waals surface area (Å²) >= 11 is 0. The van der Waals surface area contributed by atoms with Gasteiger partial charge in [-0.15, -0.1) is 0 Å². The van der Waals surface area contributed by atoms with Crippen LogP contribution < -0.4 is 14.8 Å². The summed E-state index contributed by atoms with van der Waals surface area (Å²) in [5.74, 6) is 1.54. The van der Waals surface area contributed by atoms with Gasteiger partial charge in [-0.25, -0.2) is 0 Å². The lowest BCUT2D eigenvalue weighted by Crippen LogP contribution is -2.15. The molecule has 0 fully saturated rings. The molecule has 0 amide bonds. The predicted molar refractivity (Wildman–Crippen MR) is 71.6 cm³/mol. The standard InChI is InChI=1S/C14H19NO3/c1-4-15-6-5-10-9-18-13-8-11(16-2)7-12(17-3)14(10)13/h7-9,15H,4-6H2,1-3H3. The van der Waals surface area contributed by atoms with Crippen LogP contribution in [0.3, 0.4) is 0 Å². The van der Waals surface area contributed by atoms with E-state index in [0.29, 0.717) is 0 Å². The summed E-state index contributed by atoms with van der Waals surface area (Å²) < 4.78 is 16.2. The molecular weight excluding hydrogens is 230 g/mol. The van der Waals surface area contributed by atoms with Crippen LogP contribution in [0, 0.1) is 0 Å². The minimum absolute atomic E-state index is 0.743. The van der Waals surface area contributed by atoms with E-state index in [1.807, 2.05) is 12.1 Å². The quantitative estimate of drug-likeness (QED) is 0.799. The topological polar surface area (TPSA) is 43.6 Å². The first-order chi connectivity index (χ1) is 8.80. The number of methoxy groups -OCH3 is 2. The highest BCUT2D eigenvalue weighted by Crippen LogP contribution is 2.34. The Labute approximate surface area is 107 Å². The van der Waals surface area contributed by atoms with E-state index >= 15 is 0 Å². The number of furan rings is 1. The summed E-state index contributed by atoms with van der Waals surface area (Å²) in [4.78, 5) is 0. The number of nitrogens with one attached hydrogen (secondary N) is 1. The van der Waals surface area contributed by atoms with Crippen LogP contribution in [0.15, 0.2) is 22.8 Å². The number of benzene rings is 1. The number of likely N-dealkylation sites (N-methyl/N-ethyl adjacent to an activating group) is 1. The van der Waals surface area contributed by atoms with Gasteiger partial charge in [-0.2, -0.15) is 0 Å². The van der Waals surface area contributed by atoms with Crippen molar-refractivity contribution in [3.8, 4) is 11.5 Å². The van der Waals surface area contributed by atoms with Gasteiger partial charge in [-0.05, 0) is 19.5 Å². The third-order valence-electron chi connectivity index (χ3n) is 2.97. The first-order valence-electron chi connectivity index (χ1n) is 6.13. The second-order valence-electron chi connectivity index (χ2n) is 4.07. The van der Waals surface area contributed by atoms with E-state index in [1.54, 1.807) is 20.5 Å². The van der Waals surface area contributed by atoms with E-state index in [4.69, 9.17) is 13.9 Å². The molecule has 18 heavy (non-hydrogen) atoms. The highest BCUT2D eigenvalue weighted by molar-refractivity contribution is 5.89. The molecule has 0 radical (unpaired) electrons. The van der Waals surface area contributed by atoms with E-state index in [-0.39, 0.29) is 0 Å². The van der Waals surface area contributed by atoms with Crippen LogP contribution in [0.4, 0.5) is 0 Å². The summed E-state index contributed by atoms with van der Waals surface area (Å²) in [7, 11) is 3.30. The van der Waals surface area contributed by atoms with E-state index in [2.05, 4.69) is 12.2 Å². The third kappa shape index (κ3) is 2.43. The van der Waals surface area contributed by atoms with Crippen LogP contribution in [-0.4, -0.2) is 27.3 Å². The molecule has 0 aliphatic carbocycles. The Morgan fingerprint density at radius 3 is 2.72 bits per heavy atom. The minimum Gasteiger partial charge on any atom is -0.496 e. The molecule has 1 aromatic heterocycles. The number of fused-ring (bicyclic) bond motifs is 1. The third-order valence-corrected chi connectivity index (χ3v) is 2.97. The van der Waals surface area contributed by atoms with Crippen molar-refractivity contribution >= 4 is 11.0 Å². The highest BCUT2D eigenvalue weighted by Gasteiger charge is 2.13. The Balaban J connectivity index is 2.37. The summed E-state index contributed by atoms with van der Waals surface area (Å²) in [6, 6.07) is 3.77. The maximum Gasteiger partial charge on any atom is 0.141 e. The Kier molecular flexibility index (Phi) is 4.10. The maximum absolute atomic E-state index is 5.58. The van der Waals surface area contributed by atoms with Crippen molar-refractivity contribution in [2.75, 3.05) is 27.3 Å². The molecule has 0 unspecified atom stereocenters. The zero-order chi connectivity index (χ0) is 13.0. The zero-order valence-corrected chi connectivity index (χ0v) is 11.1. The Morgan fingerprint density at radius 1 is 1.22 bits per heavy atom. The van der Waals surface area contributed by atoms with Gasteiger partial charge in [0.1, 0.15) is 17.1 Å². The first kappa shape index (κ1) is 12.8. The fourth-order valence-electron chi connectivity index (χ4n) is 2.03. The van der Waals surface area contributed by atoms with Gasteiger partial charge in [-0.1, -0.05) is 6.92 Å². The van der Waals surface area contributed by atoms with Gasteiger partial charge < -0.3 is 19.2 Å². The fourth-order valence-corrected chi connectivity index (χ4v) is 2.03. The smallest absolute Gasteiger partial charge is 0.141 e. The second kappa shape index (κ2) is 5.78. The molecular formula is C14H19NO3. The molecule has 98 valence electrons. The number of rotatable bonds is 6. The summed E-state index contributed by atoms with van der Waals surface area (Å²) in [6.45, 7) is 4.00. The minimum atomic E-state index is 0.743. The van der Waals surface area contributed by atoms with Gasteiger partial charge in [-0.3, -0.25) is 0 Å². The molecule has 0 saturated carbocycles. The number of hydrogen-bond acceptors (Lipinski definition) is 4. The van der Waals surface area contributed by atoms with Crippen molar-refractivity contribution in [3.05, 3.63) is 24.0 Å². The molecule has 1 N–H and O–H groups in total. The van der Waals surface area contributed by atoms with Crippen LogP contribution in [0.25, 0.3) is 11.0 Å². The largest absolute Gasteiger partial charge is 0.496 e. The molecule has 1 aromatic carbocycles. The van der Waals surface area contributed by atoms with E-state index < -0.39 is 0 Å². The molecule has 0 aliphatic rings. The number of ether oxygens (including phenoxy) is 2. The van der Waals surface area contributed by atoms with Crippen LogP contribution in [0.5, 0.6) is 11.5 Å². The SMILES string of the molecule is CCNCCc1coc2cc(OC)cc(OC)c12. The molecule has 0 spiro atoms. The molecule has 0 saturated heterocycles. The molecule has 0 atom stereocenters. The van der Waals surface area contributed by atoms with Crippen LogP contribution in [-0.2, 0) is 6.42 Å². The van der Waals surface area contributed by atoms with Crippen molar-refractivity contribution in [2.24, 2.45) is 0 Å². The normalized spacial score (nSPS) is 10.8. The molecule has 2 rings (SSSR count). The van der Waals surface area contributed by atoms with Crippen molar-refractivity contribution in [1.82, 2.24) is 5.32 Å². The first-order valence-corrected chi connectivity index (χ1v) is 6.13. The van der Waals surface area contributed by atoms with Crippen LogP contribution >= 0.6 is 0 Å². The Bertz CT molecular complexity index is 519. The second-order valence-corrected chi connectivity index (χ2v) is 4.07. The van der Waals surface area contributed by atoms with Crippen molar-refractivity contribution in [1.29, 1.82) is 0 Å². The molecule has 4 heteroatoms. The molecule has 0 bridgehead atoms. The monoisotopic (exact) mass is 249 g/mol. The number of hydrogen-bond donors (Lipinski definition) is 1. The Morgan fingerprint density at radius 2 is 2.06 bits per heavy atom. The molecule has 1 heterocycles. The van der Waals surface area contributed by atoms with E-state index in [0.717, 1.165) is 47.5 Å². The van der Waals surface area contributed by atoms with Crippen molar-refractivity contribution in [2.45, 2.75) is 13.3 Å². The summed E-state index contributed by atoms with van der Waals surface area (Å²) in [6.07, 6.45) is 2.72. The summed E-state index contributed by atoms with van der Waals surface area (Å²) in [5.41, 5.74) is 1.96. The Hall–Kier alpha value is -1.68. The lowest BCUT2D eigenvalue weighted by molar-refractivity contribution is 0.397. The molecule has 0 aliphatic heterocycles. The average molecular weight is 249 g/mol. The van der Waals surface area contributed by atoms with Crippen LogP contribution in [0.1, 0.15) is 12.5 Å². The predicted octanol–water partition coefficient (Wildman–Crippen LogP) is 2.60. The lowest BCUT2D eigenvalue weighted by atomic mass is 10.1. The fraction of sp³-hybridized carbons (Fsp3) is 0.429. The summed E-state index contributed by atoms with van der Waals surface area (Å²) in [5, 5.41) is 4.34. The van der Waals surface area contributed by atoms with Crippen molar-refractivity contribution in [3.63, 3.8) is 0 Å². The van der Waals surface area contributed by atoms with Gasteiger partial charge in [0.15, 0.2) is 0 Å².